The zero-order valence-corrected chi connectivity index (χ0v) is 23.4. The van der Waals surface area contributed by atoms with Crippen LogP contribution in [0.5, 0.6) is 5.75 Å². The molecule has 5 rings (SSSR count). The Morgan fingerprint density at radius 2 is 1.77 bits per heavy atom. The summed E-state index contributed by atoms with van der Waals surface area (Å²) in [4.78, 5) is 12.0. The fraction of sp³-hybridized carbons (Fsp3) is 0.441. The van der Waals surface area contributed by atoms with Crippen LogP contribution in [-0.4, -0.2) is 13.1 Å². The minimum Gasteiger partial charge on any atom is -0.489 e. The van der Waals surface area contributed by atoms with Gasteiger partial charge in [-0.3, -0.25) is 4.79 Å². The zero-order chi connectivity index (χ0) is 28.4. The lowest BCUT2D eigenvalue weighted by atomic mass is 9.75. The van der Waals surface area contributed by atoms with Crippen molar-refractivity contribution >= 4 is 5.97 Å². The molecule has 1 unspecified atom stereocenters. The number of hydrogen-bond acceptors (Lipinski definition) is 3. The minimum absolute atomic E-state index is 0.0107. The topological polar surface area (TPSA) is 35.5 Å². The Morgan fingerprint density at radius 3 is 2.45 bits per heavy atom. The van der Waals surface area contributed by atoms with Crippen molar-refractivity contribution in [1.82, 2.24) is 0 Å². The molecule has 3 aromatic rings. The van der Waals surface area contributed by atoms with Gasteiger partial charge in [0.2, 0.25) is 0 Å². The lowest BCUT2D eigenvalue weighted by Gasteiger charge is -2.30. The van der Waals surface area contributed by atoms with Gasteiger partial charge in [0.05, 0.1) is 13.5 Å². The van der Waals surface area contributed by atoms with Crippen LogP contribution in [0.3, 0.4) is 0 Å². The van der Waals surface area contributed by atoms with Crippen LogP contribution < -0.4 is 4.74 Å². The van der Waals surface area contributed by atoms with Crippen LogP contribution >= 0.6 is 0 Å². The Morgan fingerprint density at radius 1 is 0.975 bits per heavy atom. The van der Waals surface area contributed by atoms with Gasteiger partial charge >= 0.3 is 5.97 Å². The maximum absolute atomic E-state index is 15.0. The molecule has 0 radical (unpaired) electrons. The van der Waals surface area contributed by atoms with Crippen LogP contribution in [0.25, 0.3) is 11.1 Å². The van der Waals surface area contributed by atoms with Crippen molar-refractivity contribution < 1.29 is 27.4 Å². The Kier molecular flexibility index (Phi) is 8.25. The van der Waals surface area contributed by atoms with Gasteiger partial charge in [0, 0.05) is 11.1 Å². The van der Waals surface area contributed by atoms with Crippen molar-refractivity contribution in [2.75, 3.05) is 7.11 Å². The largest absolute Gasteiger partial charge is 0.489 e. The first-order valence-corrected chi connectivity index (χ1v) is 14.2. The molecule has 3 aromatic carbocycles. The highest BCUT2D eigenvalue weighted by Gasteiger charge is 2.37. The number of halogens is 3. The van der Waals surface area contributed by atoms with Gasteiger partial charge in [0.25, 0.3) is 6.43 Å². The summed E-state index contributed by atoms with van der Waals surface area (Å²) in [5.41, 5.74) is 3.70. The number of alkyl halides is 2. The predicted octanol–water partition coefficient (Wildman–Crippen LogP) is 9.36. The summed E-state index contributed by atoms with van der Waals surface area (Å²) in [7, 11) is 1.42. The van der Waals surface area contributed by atoms with E-state index in [1.165, 1.54) is 13.2 Å². The number of benzene rings is 3. The number of ether oxygens (including phenoxy) is 2. The monoisotopic (exact) mass is 550 g/mol. The Hall–Kier alpha value is -3.28. The molecule has 0 saturated heterocycles. The molecule has 0 bridgehead atoms. The molecule has 212 valence electrons. The van der Waals surface area contributed by atoms with Crippen LogP contribution in [0.4, 0.5) is 13.2 Å². The molecule has 0 amide bonds. The molecular weight excluding hydrogens is 513 g/mol. The number of hydrogen-bond donors (Lipinski definition) is 0. The van der Waals surface area contributed by atoms with Gasteiger partial charge < -0.3 is 9.47 Å². The summed E-state index contributed by atoms with van der Waals surface area (Å²) in [6, 6.07) is 17.3. The van der Waals surface area contributed by atoms with Crippen LogP contribution in [0.15, 0.2) is 60.7 Å². The molecular formula is C34H37F3O3. The quantitative estimate of drug-likeness (QED) is 0.236. The number of methoxy groups -OCH3 is 1. The lowest BCUT2D eigenvalue weighted by Crippen LogP contribution is -2.17. The molecule has 0 aromatic heterocycles. The maximum Gasteiger partial charge on any atom is 0.306 e. The second-order valence-corrected chi connectivity index (χ2v) is 12.0. The zero-order valence-electron chi connectivity index (χ0n) is 23.4. The third-order valence-electron chi connectivity index (χ3n) is 8.78. The summed E-state index contributed by atoms with van der Waals surface area (Å²) in [5, 5.41) is 0. The van der Waals surface area contributed by atoms with Crippen LogP contribution in [0.1, 0.15) is 92.9 Å². The van der Waals surface area contributed by atoms with E-state index in [4.69, 9.17) is 9.47 Å². The van der Waals surface area contributed by atoms with E-state index in [-0.39, 0.29) is 34.3 Å². The second kappa shape index (κ2) is 11.7. The smallest absolute Gasteiger partial charge is 0.306 e. The lowest BCUT2D eigenvalue weighted by molar-refractivity contribution is -0.141. The second-order valence-electron chi connectivity index (χ2n) is 12.0. The summed E-state index contributed by atoms with van der Waals surface area (Å²) in [5.74, 6) is 0.794. The van der Waals surface area contributed by atoms with Crippen molar-refractivity contribution in [3.05, 3.63) is 88.7 Å². The predicted molar refractivity (Wildman–Crippen MR) is 150 cm³/mol. The SMILES string of the molecule is COC(=O)CC(c1cccc(OCc2ccc(-c3cc(C(F)F)ccc3F)c([C@@H]3CCCC3(C)C)c2)c1)C1CC1. The van der Waals surface area contributed by atoms with Crippen molar-refractivity contribution in [3.8, 4) is 16.9 Å². The van der Waals surface area contributed by atoms with Gasteiger partial charge in [-0.05, 0) is 95.4 Å². The number of rotatable bonds is 10. The molecule has 2 fully saturated rings. The van der Waals surface area contributed by atoms with Crippen molar-refractivity contribution in [2.45, 2.75) is 77.2 Å². The standard InChI is InChI=1S/C34H37F3O3/c1-34(2)15-5-8-30(34)28-16-21(9-13-26(28)29-18-24(33(36)37)12-14-31(29)35)20-40-25-7-4-6-23(17-25)27(22-10-11-22)19-32(38)39-3/h4,6-7,9,12-14,16-18,22,27,30,33H,5,8,10-11,15,19-20H2,1-3H3/t27?,30-/m0/s1. The third kappa shape index (κ3) is 6.21. The minimum atomic E-state index is -2.67. The Bertz CT molecular complexity index is 1360. The van der Waals surface area contributed by atoms with Gasteiger partial charge in [-0.1, -0.05) is 56.7 Å². The molecule has 6 heteroatoms. The molecule has 2 atom stereocenters. The normalized spacial score (nSPS) is 19.0. The van der Waals surface area contributed by atoms with Gasteiger partial charge in [0.1, 0.15) is 18.2 Å². The molecule has 0 aliphatic heterocycles. The first kappa shape index (κ1) is 28.3. The summed E-state index contributed by atoms with van der Waals surface area (Å²) in [6.45, 7) is 4.76. The van der Waals surface area contributed by atoms with E-state index < -0.39 is 12.2 Å². The van der Waals surface area contributed by atoms with Crippen LogP contribution in [-0.2, 0) is 16.1 Å². The summed E-state index contributed by atoms with van der Waals surface area (Å²) >= 11 is 0. The van der Waals surface area contributed by atoms with E-state index in [1.807, 2.05) is 36.4 Å². The van der Waals surface area contributed by atoms with E-state index in [0.717, 1.165) is 66.7 Å². The van der Waals surface area contributed by atoms with Crippen molar-refractivity contribution in [1.29, 1.82) is 0 Å². The molecule has 0 spiro atoms. The van der Waals surface area contributed by atoms with E-state index in [9.17, 15) is 13.6 Å². The van der Waals surface area contributed by atoms with Crippen molar-refractivity contribution in [2.24, 2.45) is 11.3 Å². The van der Waals surface area contributed by atoms with Crippen LogP contribution in [0.2, 0.25) is 0 Å². The molecule has 40 heavy (non-hydrogen) atoms. The highest BCUT2D eigenvalue weighted by molar-refractivity contribution is 5.71. The summed E-state index contributed by atoms with van der Waals surface area (Å²) in [6.07, 6.45) is 3.00. The molecule has 2 saturated carbocycles. The van der Waals surface area contributed by atoms with E-state index in [1.54, 1.807) is 0 Å². The number of esters is 1. The Labute approximate surface area is 234 Å². The van der Waals surface area contributed by atoms with Crippen molar-refractivity contribution in [3.63, 3.8) is 0 Å². The maximum atomic E-state index is 15.0. The van der Waals surface area contributed by atoms with Gasteiger partial charge in [-0.15, -0.1) is 0 Å². The highest BCUT2D eigenvalue weighted by Crippen LogP contribution is 2.51. The van der Waals surface area contributed by atoms with E-state index in [2.05, 4.69) is 19.9 Å². The number of carbonyl (C=O) groups is 1. The average molecular weight is 551 g/mol. The van der Waals surface area contributed by atoms with Gasteiger partial charge in [-0.25, -0.2) is 13.2 Å². The molecule has 0 N–H and O–H groups in total. The van der Waals surface area contributed by atoms with Gasteiger partial charge in [-0.2, -0.15) is 0 Å². The summed E-state index contributed by atoms with van der Waals surface area (Å²) < 4.78 is 53.1. The molecule has 0 heterocycles. The Balaban J connectivity index is 1.43. The first-order chi connectivity index (χ1) is 19.2. The van der Waals surface area contributed by atoms with E-state index in [0.29, 0.717) is 24.5 Å². The molecule has 2 aliphatic carbocycles. The fourth-order valence-electron chi connectivity index (χ4n) is 6.34. The fourth-order valence-corrected chi connectivity index (χ4v) is 6.34. The van der Waals surface area contributed by atoms with Gasteiger partial charge in [0.15, 0.2) is 0 Å². The number of carbonyl (C=O) groups excluding carboxylic acids is 1. The molecule has 3 nitrogen and oxygen atoms in total. The highest BCUT2D eigenvalue weighted by atomic mass is 19.3. The van der Waals surface area contributed by atoms with Crippen LogP contribution in [0, 0.1) is 17.2 Å². The van der Waals surface area contributed by atoms with E-state index >= 15 is 4.39 Å². The molecule has 2 aliphatic rings. The first-order valence-electron chi connectivity index (χ1n) is 14.2. The third-order valence-corrected chi connectivity index (χ3v) is 8.78. The average Bonchev–Trinajstić information content (AvgIpc) is 3.72.